The van der Waals surface area contributed by atoms with Crippen LogP contribution in [0.15, 0.2) is 30.3 Å². The molecule has 0 aliphatic carbocycles. The lowest BCUT2D eigenvalue weighted by molar-refractivity contribution is -0.145. The van der Waals surface area contributed by atoms with Gasteiger partial charge >= 0.3 is 11.9 Å². The van der Waals surface area contributed by atoms with Crippen LogP contribution in [0.4, 0.5) is 0 Å². The van der Waals surface area contributed by atoms with E-state index < -0.39 is 18.4 Å². The predicted octanol–water partition coefficient (Wildman–Crippen LogP) is 1.07. The molecule has 4 heteroatoms. The lowest BCUT2D eigenvalue weighted by atomic mass is 10.3. The lowest BCUT2D eigenvalue weighted by Gasteiger charge is -2.00. The van der Waals surface area contributed by atoms with Gasteiger partial charge in [0.2, 0.25) is 0 Å². The van der Waals surface area contributed by atoms with Crippen LogP contribution in [0, 0.1) is 0 Å². The number of rotatable bonds is 3. The van der Waals surface area contributed by atoms with Crippen molar-refractivity contribution in [2.75, 3.05) is 0 Å². The zero-order chi connectivity index (χ0) is 9.68. The van der Waals surface area contributed by atoms with Gasteiger partial charge in [-0.3, -0.25) is 9.59 Å². The fourth-order valence-corrected chi connectivity index (χ4v) is 0.780. The van der Waals surface area contributed by atoms with Crippen LogP contribution in [0.5, 0.6) is 5.75 Å². The number of para-hydroxylation sites is 1. The summed E-state index contributed by atoms with van der Waals surface area (Å²) in [5.41, 5.74) is 0. The van der Waals surface area contributed by atoms with Crippen LogP contribution in [0.2, 0.25) is 0 Å². The van der Waals surface area contributed by atoms with E-state index in [1.807, 2.05) is 0 Å². The standard InChI is InChI=1S/C9H8O4/c10-8(11)6-9(12)13-7-4-2-1-3-5-7/h1-5H,6H2,(H,10,11). The Morgan fingerprint density at radius 3 is 2.38 bits per heavy atom. The molecule has 0 radical (unpaired) electrons. The Kier molecular flexibility index (Phi) is 3.03. The van der Waals surface area contributed by atoms with E-state index >= 15 is 0 Å². The molecule has 0 amide bonds. The Balaban J connectivity index is 2.50. The summed E-state index contributed by atoms with van der Waals surface area (Å²) >= 11 is 0. The Morgan fingerprint density at radius 2 is 1.85 bits per heavy atom. The lowest BCUT2D eigenvalue weighted by Crippen LogP contribution is -2.12. The molecule has 13 heavy (non-hydrogen) atoms. The number of ether oxygens (including phenoxy) is 1. The maximum Gasteiger partial charge on any atom is 0.322 e. The smallest absolute Gasteiger partial charge is 0.322 e. The molecule has 0 unspecified atom stereocenters. The molecule has 1 aromatic rings. The molecular weight excluding hydrogens is 172 g/mol. The molecule has 0 atom stereocenters. The van der Waals surface area contributed by atoms with Gasteiger partial charge in [-0.1, -0.05) is 18.2 Å². The molecule has 0 fully saturated rings. The molecule has 0 spiro atoms. The number of benzene rings is 1. The molecule has 0 bridgehead atoms. The molecule has 0 aliphatic rings. The average molecular weight is 180 g/mol. The third kappa shape index (κ3) is 3.37. The largest absolute Gasteiger partial charge is 0.481 e. The van der Waals surface area contributed by atoms with Gasteiger partial charge in [-0.25, -0.2) is 0 Å². The number of aliphatic carboxylic acids is 1. The Labute approximate surface area is 74.8 Å². The first-order valence-corrected chi connectivity index (χ1v) is 3.66. The number of carboxylic acid groups (broad SMARTS) is 1. The molecule has 0 saturated carbocycles. The van der Waals surface area contributed by atoms with Gasteiger partial charge in [0, 0.05) is 0 Å². The predicted molar refractivity (Wildman–Crippen MR) is 44.3 cm³/mol. The van der Waals surface area contributed by atoms with E-state index in [1.165, 1.54) is 0 Å². The first-order chi connectivity index (χ1) is 6.18. The van der Waals surface area contributed by atoms with Crippen LogP contribution >= 0.6 is 0 Å². The summed E-state index contributed by atoms with van der Waals surface area (Å²) < 4.78 is 4.71. The number of carboxylic acids is 1. The van der Waals surface area contributed by atoms with Gasteiger partial charge in [0.05, 0.1) is 0 Å². The van der Waals surface area contributed by atoms with Crippen molar-refractivity contribution in [3.63, 3.8) is 0 Å². The van der Waals surface area contributed by atoms with Gasteiger partial charge in [-0.15, -0.1) is 0 Å². The Hall–Kier alpha value is -1.84. The Bertz CT molecular complexity index is 305. The number of carbonyl (C=O) groups excluding carboxylic acids is 1. The van der Waals surface area contributed by atoms with E-state index in [2.05, 4.69) is 0 Å². The monoisotopic (exact) mass is 180 g/mol. The fourth-order valence-electron chi connectivity index (χ4n) is 0.780. The zero-order valence-electron chi connectivity index (χ0n) is 6.77. The number of hydrogen-bond acceptors (Lipinski definition) is 3. The third-order valence-corrected chi connectivity index (χ3v) is 1.27. The van der Waals surface area contributed by atoms with Crippen molar-refractivity contribution in [3.05, 3.63) is 30.3 Å². The highest BCUT2D eigenvalue weighted by molar-refractivity contribution is 5.91. The minimum absolute atomic E-state index is 0.355. The van der Waals surface area contributed by atoms with Crippen molar-refractivity contribution in [1.82, 2.24) is 0 Å². The first-order valence-electron chi connectivity index (χ1n) is 3.66. The van der Waals surface area contributed by atoms with E-state index in [4.69, 9.17) is 9.84 Å². The van der Waals surface area contributed by atoms with E-state index in [1.54, 1.807) is 30.3 Å². The summed E-state index contributed by atoms with van der Waals surface area (Å²) in [6, 6.07) is 8.33. The summed E-state index contributed by atoms with van der Waals surface area (Å²) in [6.07, 6.45) is -0.616. The van der Waals surface area contributed by atoms with Gasteiger partial charge < -0.3 is 9.84 Å². The second kappa shape index (κ2) is 4.25. The fraction of sp³-hybridized carbons (Fsp3) is 0.111. The molecular formula is C9H8O4. The summed E-state index contributed by atoms with van der Waals surface area (Å²) in [4.78, 5) is 20.9. The topological polar surface area (TPSA) is 63.6 Å². The highest BCUT2D eigenvalue weighted by atomic mass is 16.5. The van der Waals surface area contributed by atoms with Gasteiger partial charge in [-0.2, -0.15) is 0 Å². The van der Waals surface area contributed by atoms with Gasteiger partial charge in [0.15, 0.2) is 0 Å². The summed E-state index contributed by atoms with van der Waals surface area (Å²) in [5.74, 6) is -1.60. The normalized spacial score (nSPS) is 9.23. The van der Waals surface area contributed by atoms with Crippen molar-refractivity contribution >= 4 is 11.9 Å². The summed E-state index contributed by atoms with van der Waals surface area (Å²) in [7, 11) is 0. The van der Waals surface area contributed by atoms with Crippen molar-refractivity contribution in [2.45, 2.75) is 6.42 Å². The minimum atomic E-state index is -1.19. The van der Waals surface area contributed by atoms with Crippen LogP contribution in [-0.2, 0) is 9.59 Å². The van der Waals surface area contributed by atoms with E-state index in [0.717, 1.165) is 0 Å². The maximum absolute atomic E-state index is 10.8. The first kappa shape index (κ1) is 9.25. The number of esters is 1. The second-order valence-electron chi connectivity index (χ2n) is 2.36. The number of hydrogen-bond donors (Lipinski definition) is 1. The number of carbonyl (C=O) groups is 2. The van der Waals surface area contributed by atoms with E-state index in [-0.39, 0.29) is 0 Å². The van der Waals surface area contributed by atoms with Crippen LogP contribution in [0.25, 0.3) is 0 Å². The molecule has 1 aromatic carbocycles. The quantitative estimate of drug-likeness (QED) is 0.429. The Morgan fingerprint density at radius 1 is 1.23 bits per heavy atom. The highest BCUT2D eigenvalue weighted by Gasteiger charge is 2.09. The van der Waals surface area contributed by atoms with Gasteiger partial charge in [0.25, 0.3) is 0 Å². The average Bonchev–Trinajstić information content (AvgIpc) is 2.04. The van der Waals surface area contributed by atoms with Gasteiger partial charge in [0.1, 0.15) is 12.2 Å². The SMILES string of the molecule is O=C(O)CC(=O)Oc1ccccc1. The van der Waals surface area contributed by atoms with E-state index in [9.17, 15) is 9.59 Å². The van der Waals surface area contributed by atoms with E-state index in [0.29, 0.717) is 5.75 Å². The highest BCUT2D eigenvalue weighted by Crippen LogP contribution is 2.08. The van der Waals surface area contributed by atoms with Crippen LogP contribution in [0.3, 0.4) is 0 Å². The van der Waals surface area contributed by atoms with Crippen molar-refractivity contribution in [3.8, 4) is 5.75 Å². The summed E-state index contributed by atoms with van der Waals surface area (Å²) in [5, 5.41) is 8.26. The van der Waals surface area contributed by atoms with Crippen molar-refractivity contribution in [2.24, 2.45) is 0 Å². The molecule has 0 saturated heterocycles. The van der Waals surface area contributed by atoms with Crippen LogP contribution < -0.4 is 4.74 Å². The van der Waals surface area contributed by atoms with Crippen molar-refractivity contribution < 1.29 is 19.4 Å². The zero-order valence-corrected chi connectivity index (χ0v) is 6.77. The molecule has 4 nitrogen and oxygen atoms in total. The van der Waals surface area contributed by atoms with Crippen LogP contribution in [0.1, 0.15) is 6.42 Å². The molecule has 1 N–H and O–H groups in total. The summed E-state index contributed by atoms with van der Waals surface area (Å²) in [6.45, 7) is 0. The third-order valence-electron chi connectivity index (χ3n) is 1.27. The molecule has 0 aromatic heterocycles. The van der Waals surface area contributed by atoms with Crippen molar-refractivity contribution in [1.29, 1.82) is 0 Å². The molecule has 0 heterocycles. The second-order valence-corrected chi connectivity index (χ2v) is 2.36. The van der Waals surface area contributed by atoms with Crippen LogP contribution in [-0.4, -0.2) is 17.0 Å². The van der Waals surface area contributed by atoms with Gasteiger partial charge in [-0.05, 0) is 12.1 Å². The minimum Gasteiger partial charge on any atom is -0.481 e. The molecule has 68 valence electrons. The maximum atomic E-state index is 10.8. The molecule has 1 rings (SSSR count). The molecule has 0 aliphatic heterocycles.